The zero-order chi connectivity index (χ0) is 24.8. The lowest BCUT2D eigenvalue weighted by molar-refractivity contribution is -0.502. The van der Waals surface area contributed by atoms with Crippen molar-refractivity contribution in [1.82, 2.24) is 0 Å². The van der Waals surface area contributed by atoms with Gasteiger partial charge in [0.05, 0.1) is 5.41 Å². The first-order chi connectivity index (χ1) is 14.7. The third kappa shape index (κ3) is 6.93. The molecular weight excluding hydrogens is 408 g/mol. The maximum Gasteiger partial charge on any atom is 0.393 e. The molecule has 1 saturated heterocycles. The van der Waals surface area contributed by atoms with Crippen LogP contribution in [0.25, 0.3) is 0 Å². The Balaban J connectivity index is 3.16. The van der Waals surface area contributed by atoms with Crippen molar-refractivity contribution in [1.29, 1.82) is 0 Å². The van der Waals surface area contributed by atoms with Gasteiger partial charge in [-0.25, -0.2) is 29.1 Å². The zero-order valence-corrected chi connectivity index (χ0v) is 22.3. The number of hydrogen-bond donors (Lipinski definition) is 0. The minimum absolute atomic E-state index is 0.0614. The SMILES string of the molecule is CCCC(CC(C)(C)C)C(CC)(CC(C)(C)C)C(=O)OOC(=O)C1(CC)OOC1CCC. The highest BCUT2D eigenvalue weighted by Gasteiger charge is 2.59. The smallest absolute Gasteiger partial charge is 0.247 e. The predicted molar refractivity (Wildman–Crippen MR) is 125 cm³/mol. The summed E-state index contributed by atoms with van der Waals surface area (Å²) in [4.78, 5) is 47.4. The molecule has 0 saturated carbocycles. The highest BCUT2D eigenvalue weighted by Crippen LogP contribution is 2.49. The molecule has 0 aromatic carbocycles. The molecule has 0 amide bonds. The van der Waals surface area contributed by atoms with E-state index in [1.54, 1.807) is 0 Å². The van der Waals surface area contributed by atoms with E-state index in [0.717, 1.165) is 25.7 Å². The molecule has 188 valence electrons. The van der Waals surface area contributed by atoms with E-state index in [1.165, 1.54) is 0 Å². The Kier molecular flexibility index (Phi) is 10.2. The molecule has 1 rings (SSSR count). The Hall–Kier alpha value is -1.14. The molecule has 0 radical (unpaired) electrons. The molecule has 32 heavy (non-hydrogen) atoms. The molecule has 0 N–H and O–H groups in total. The minimum Gasteiger partial charge on any atom is -0.247 e. The van der Waals surface area contributed by atoms with Gasteiger partial charge in [-0.15, -0.1) is 0 Å². The van der Waals surface area contributed by atoms with E-state index in [4.69, 9.17) is 19.6 Å². The lowest BCUT2D eigenvalue weighted by Gasteiger charge is -2.44. The van der Waals surface area contributed by atoms with Crippen LogP contribution < -0.4 is 0 Å². The number of rotatable bonds is 11. The van der Waals surface area contributed by atoms with Gasteiger partial charge in [0, 0.05) is 0 Å². The monoisotopic (exact) mass is 456 g/mol. The minimum atomic E-state index is -1.20. The molecule has 0 spiro atoms. The first-order valence-corrected chi connectivity index (χ1v) is 12.5. The van der Waals surface area contributed by atoms with Gasteiger partial charge in [0.2, 0.25) is 5.60 Å². The van der Waals surface area contributed by atoms with E-state index in [2.05, 4.69) is 48.5 Å². The van der Waals surface area contributed by atoms with Crippen molar-refractivity contribution in [2.75, 3.05) is 0 Å². The fraction of sp³-hybridized carbons (Fsp3) is 0.923. The molecule has 1 aliphatic heterocycles. The summed E-state index contributed by atoms with van der Waals surface area (Å²) < 4.78 is 0. The van der Waals surface area contributed by atoms with Crippen LogP contribution in [0, 0.1) is 22.2 Å². The second-order valence-electron chi connectivity index (χ2n) is 11.9. The maximum absolute atomic E-state index is 13.6. The third-order valence-corrected chi connectivity index (χ3v) is 6.61. The summed E-state index contributed by atoms with van der Waals surface area (Å²) in [5.41, 5.74) is -1.97. The van der Waals surface area contributed by atoms with Crippen LogP contribution in [0.4, 0.5) is 0 Å². The Labute approximate surface area is 195 Å². The van der Waals surface area contributed by atoms with Gasteiger partial charge in [-0.2, -0.15) is 0 Å². The Morgan fingerprint density at radius 2 is 1.56 bits per heavy atom. The van der Waals surface area contributed by atoms with Gasteiger partial charge in [-0.1, -0.05) is 82.1 Å². The van der Waals surface area contributed by atoms with E-state index in [-0.39, 0.29) is 22.9 Å². The Morgan fingerprint density at radius 3 is 1.94 bits per heavy atom. The van der Waals surface area contributed by atoms with Crippen LogP contribution in [-0.2, 0) is 29.1 Å². The fourth-order valence-corrected chi connectivity index (χ4v) is 5.15. The summed E-state index contributed by atoms with van der Waals surface area (Å²) in [5.74, 6) is -1.02. The number of hydrogen-bond acceptors (Lipinski definition) is 6. The van der Waals surface area contributed by atoms with Crippen molar-refractivity contribution >= 4 is 11.9 Å². The standard InChI is InChI=1S/C26H48O6/c1-11-15-19(17-23(5,6)7)25(13-3,18-24(8,9)10)21(27)30-31-22(28)26(14-4)20(16-12-2)29-32-26/h19-20H,11-18H2,1-10H3. The van der Waals surface area contributed by atoms with Gasteiger partial charge in [-0.3, -0.25) is 0 Å². The average Bonchev–Trinajstić information content (AvgIpc) is 2.66. The maximum atomic E-state index is 13.6. The van der Waals surface area contributed by atoms with Crippen molar-refractivity contribution in [2.45, 2.75) is 132 Å². The van der Waals surface area contributed by atoms with Crippen molar-refractivity contribution in [3.63, 3.8) is 0 Å². The summed E-state index contributed by atoms with van der Waals surface area (Å²) in [6.45, 7) is 21.0. The Bertz CT molecular complexity index is 613. The number of carbonyl (C=O) groups excluding carboxylic acids is 2. The first kappa shape index (κ1) is 28.9. The molecular formula is C26H48O6. The highest BCUT2D eigenvalue weighted by molar-refractivity contribution is 5.82. The van der Waals surface area contributed by atoms with E-state index in [1.807, 2.05) is 20.8 Å². The summed E-state index contributed by atoms with van der Waals surface area (Å²) in [6, 6.07) is 0. The third-order valence-electron chi connectivity index (χ3n) is 6.61. The molecule has 0 aromatic heterocycles. The van der Waals surface area contributed by atoms with Crippen LogP contribution in [0.15, 0.2) is 0 Å². The molecule has 1 heterocycles. The van der Waals surface area contributed by atoms with Crippen molar-refractivity contribution in [3.05, 3.63) is 0 Å². The van der Waals surface area contributed by atoms with E-state index >= 15 is 0 Å². The zero-order valence-electron chi connectivity index (χ0n) is 22.3. The highest BCUT2D eigenvalue weighted by atomic mass is 17.3. The van der Waals surface area contributed by atoms with Crippen LogP contribution in [0.1, 0.15) is 121 Å². The predicted octanol–water partition coefficient (Wildman–Crippen LogP) is 6.95. The molecule has 6 heteroatoms. The molecule has 4 atom stereocenters. The van der Waals surface area contributed by atoms with Crippen LogP contribution >= 0.6 is 0 Å². The topological polar surface area (TPSA) is 71.1 Å². The number of carbonyl (C=O) groups is 2. The average molecular weight is 457 g/mol. The van der Waals surface area contributed by atoms with Crippen LogP contribution in [-0.4, -0.2) is 23.6 Å². The molecule has 0 aromatic rings. The first-order valence-electron chi connectivity index (χ1n) is 12.5. The lowest BCUT2D eigenvalue weighted by atomic mass is 9.60. The van der Waals surface area contributed by atoms with Crippen LogP contribution in [0.5, 0.6) is 0 Å². The fourth-order valence-electron chi connectivity index (χ4n) is 5.15. The van der Waals surface area contributed by atoms with Crippen LogP contribution in [0.2, 0.25) is 0 Å². The van der Waals surface area contributed by atoms with Crippen molar-refractivity contribution in [2.24, 2.45) is 22.2 Å². The second-order valence-corrected chi connectivity index (χ2v) is 11.9. The molecule has 0 aliphatic carbocycles. The van der Waals surface area contributed by atoms with E-state index in [0.29, 0.717) is 25.7 Å². The molecule has 4 unspecified atom stereocenters. The quantitative estimate of drug-likeness (QED) is 0.247. The second kappa shape index (κ2) is 11.3. The summed E-state index contributed by atoms with van der Waals surface area (Å²) in [5, 5.41) is 0. The van der Waals surface area contributed by atoms with Gasteiger partial charge >= 0.3 is 11.9 Å². The van der Waals surface area contributed by atoms with Gasteiger partial charge in [0.1, 0.15) is 6.10 Å². The van der Waals surface area contributed by atoms with Crippen molar-refractivity contribution in [3.8, 4) is 0 Å². The summed E-state index contributed by atoms with van der Waals surface area (Å²) in [7, 11) is 0. The normalized spacial score (nSPS) is 24.2. The molecule has 1 aliphatic rings. The largest absolute Gasteiger partial charge is 0.393 e. The van der Waals surface area contributed by atoms with Gasteiger partial charge in [0.25, 0.3) is 0 Å². The summed E-state index contributed by atoms with van der Waals surface area (Å²) in [6.07, 6.45) is 5.58. The van der Waals surface area contributed by atoms with Gasteiger partial charge in [0.15, 0.2) is 0 Å². The summed E-state index contributed by atoms with van der Waals surface area (Å²) >= 11 is 0. The van der Waals surface area contributed by atoms with E-state index < -0.39 is 23.0 Å². The van der Waals surface area contributed by atoms with Gasteiger partial charge < -0.3 is 0 Å². The molecule has 0 bridgehead atoms. The van der Waals surface area contributed by atoms with E-state index in [9.17, 15) is 9.59 Å². The molecule has 6 nitrogen and oxygen atoms in total. The molecule has 1 fully saturated rings. The Morgan fingerprint density at radius 1 is 0.938 bits per heavy atom. The van der Waals surface area contributed by atoms with Gasteiger partial charge in [-0.05, 0) is 55.3 Å². The van der Waals surface area contributed by atoms with Crippen LogP contribution in [0.3, 0.4) is 0 Å². The van der Waals surface area contributed by atoms with Crippen molar-refractivity contribution < 1.29 is 29.1 Å². The lowest BCUT2D eigenvalue weighted by Crippen LogP contribution is -2.62.